The Labute approximate surface area is 134 Å². The second-order valence-corrected chi connectivity index (χ2v) is 5.69. The topological polar surface area (TPSA) is 9.23 Å². The zero-order chi connectivity index (χ0) is 16.1. The lowest BCUT2D eigenvalue weighted by Gasteiger charge is -2.13. The molecular weight excluding hydrogens is 268 g/mol. The Morgan fingerprint density at radius 2 is 1.68 bits per heavy atom. The molecule has 0 fully saturated rings. The minimum Gasteiger partial charge on any atom is -0.496 e. The Morgan fingerprint density at radius 1 is 1.00 bits per heavy atom. The maximum Gasteiger partial charge on any atom is 0.122 e. The normalized spacial score (nSPS) is 12.0. The molecule has 2 rings (SSSR count). The van der Waals surface area contributed by atoms with E-state index >= 15 is 0 Å². The first-order chi connectivity index (χ1) is 10.5. The molecule has 0 bridgehead atoms. The maximum absolute atomic E-state index is 5.43. The van der Waals surface area contributed by atoms with Crippen LogP contribution in [0, 0.1) is 20.8 Å². The average molecular weight is 292 g/mol. The van der Waals surface area contributed by atoms with Gasteiger partial charge in [-0.25, -0.2) is 0 Å². The number of allylic oxidation sites excluding steroid dienone is 2. The summed E-state index contributed by atoms with van der Waals surface area (Å²) in [6.45, 7) is 8.52. The fraction of sp³-hybridized carbons (Fsp3) is 0.238. The van der Waals surface area contributed by atoms with Gasteiger partial charge >= 0.3 is 0 Å². The zero-order valence-corrected chi connectivity index (χ0v) is 14.1. The van der Waals surface area contributed by atoms with E-state index in [0.717, 1.165) is 5.75 Å². The highest BCUT2D eigenvalue weighted by molar-refractivity contribution is 5.66. The van der Waals surface area contributed by atoms with Crippen molar-refractivity contribution in [2.75, 3.05) is 7.11 Å². The van der Waals surface area contributed by atoms with Crippen molar-refractivity contribution < 1.29 is 4.74 Å². The van der Waals surface area contributed by atoms with Gasteiger partial charge in [0, 0.05) is 0 Å². The first-order valence-electron chi connectivity index (χ1n) is 7.59. The smallest absolute Gasteiger partial charge is 0.122 e. The molecule has 0 aromatic heterocycles. The van der Waals surface area contributed by atoms with Crippen molar-refractivity contribution in [2.24, 2.45) is 0 Å². The summed E-state index contributed by atoms with van der Waals surface area (Å²) < 4.78 is 5.43. The van der Waals surface area contributed by atoms with Crippen molar-refractivity contribution in [3.05, 3.63) is 75.9 Å². The van der Waals surface area contributed by atoms with Crippen LogP contribution in [-0.2, 0) is 0 Å². The molecule has 2 aromatic carbocycles. The van der Waals surface area contributed by atoms with Gasteiger partial charge in [-0.1, -0.05) is 54.1 Å². The van der Waals surface area contributed by atoms with Gasteiger partial charge in [-0.15, -0.1) is 0 Å². The third-order valence-corrected chi connectivity index (χ3v) is 4.04. The lowest BCUT2D eigenvalue weighted by molar-refractivity contribution is 0.411. The second-order valence-electron chi connectivity index (χ2n) is 5.69. The molecule has 2 aromatic rings. The number of rotatable bonds is 4. The van der Waals surface area contributed by atoms with E-state index in [1.165, 1.54) is 33.4 Å². The Hall–Kier alpha value is -2.28. The molecule has 0 aliphatic rings. The average Bonchev–Trinajstić information content (AvgIpc) is 2.51. The molecule has 0 saturated heterocycles. The molecule has 22 heavy (non-hydrogen) atoms. The summed E-state index contributed by atoms with van der Waals surface area (Å²) in [5.41, 5.74) is 7.46. The van der Waals surface area contributed by atoms with E-state index in [9.17, 15) is 0 Å². The van der Waals surface area contributed by atoms with Gasteiger partial charge in [-0.05, 0) is 61.6 Å². The summed E-state index contributed by atoms with van der Waals surface area (Å²) in [5, 5.41) is 0. The molecular formula is C21H24O. The first-order valence-corrected chi connectivity index (χ1v) is 7.59. The Kier molecular flexibility index (Phi) is 5.21. The van der Waals surface area contributed by atoms with Gasteiger partial charge < -0.3 is 4.74 Å². The molecule has 0 N–H and O–H groups in total. The molecule has 0 radical (unpaired) electrons. The minimum absolute atomic E-state index is 0.962. The van der Waals surface area contributed by atoms with Crippen molar-refractivity contribution >= 4 is 12.2 Å². The lowest BCUT2D eigenvalue weighted by Crippen LogP contribution is -1.95. The van der Waals surface area contributed by atoms with Crippen LogP contribution in [0.25, 0.3) is 12.2 Å². The van der Waals surface area contributed by atoms with Crippen LogP contribution >= 0.6 is 0 Å². The van der Waals surface area contributed by atoms with Gasteiger partial charge in [0.05, 0.1) is 7.11 Å². The highest BCUT2D eigenvalue weighted by Crippen LogP contribution is 2.28. The van der Waals surface area contributed by atoms with Crippen molar-refractivity contribution in [1.82, 2.24) is 0 Å². The first kappa shape index (κ1) is 16.1. The van der Waals surface area contributed by atoms with Crippen molar-refractivity contribution in [3.8, 4) is 5.75 Å². The summed E-state index contributed by atoms with van der Waals surface area (Å²) >= 11 is 0. The monoisotopic (exact) mass is 292 g/mol. The number of hydrogen-bond acceptors (Lipinski definition) is 1. The third-order valence-electron chi connectivity index (χ3n) is 4.04. The largest absolute Gasteiger partial charge is 0.496 e. The molecule has 0 unspecified atom stereocenters. The van der Waals surface area contributed by atoms with E-state index in [1.54, 1.807) is 7.11 Å². The molecule has 0 amide bonds. The summed E-state index contributed by atoms with van der Waals surface area (Å²) in [5.74, 6) is 0.962. The fourth-order valence-corrected chi connectivity index (χ4v) is 2.61. The number of aryl methyl sites for hydroxylation is 1. The summed E-state index contributed by atoms with van der Waals surface area (Å²) in [7, 11) is 1.73. The van der Waals surface area contributed by atoms with Crippen LogP contribution in [0.1, 0.15) is 34.7 Å². The highest BCUT2D eigenvalue weighted by Gasteiger charge is 2.08. The number of benzene rings is 2. The molecule has 0 saturated carbocycles. The van der Waals surface area contributed by atoms with Crippen LogP contribution in [0.15, 0.2) is 48.0 Å². The highest BCUT2D eigenvalue weighted by atomic mass is 16.5. The van der Waals surface area contributed by atoms with Gasteiger partial charge in [0.15, 0.2) is 0 Å². The minimum atomic E-state index is 0.962. The Balaban J connectivity index is 2.31. The molecule has 0 spiro atoms. The van der Waals surface area contributed by atoms with Gasteiger partial charge in [-0.2, -0.15) is 0 Å². The number of hydrogen-bond donors (Lipinski definition) is 0. The van der Waals surface area contributed by atoms with E-state index in [1.807, 2.05) is 6.07 Å². The molecule has 0 atom stereocenters. The van der Waals surface area contributed by atoms with E-state index in [4.69, 9.17) is 4.74 Å². The number of methoxy groups -OCH3 is 1. The van der Waals surface area contributed by atoms with E-state index in [-0.39, 0.29) is 0 Å². The van der Waals surface area contributed by atoms with E-state index in [2.05, 4.69) is 76.3 Å². The van der Waals surface area contributed by atoms with Crippen LogP contribution in [0.5, 0.6) is 5.75 Å². The van der Waals surface area contributed by atoms with Crippen molar-refractivity contribution in [1.29, 1.82) is 0 Å². The van der Waals surface area contributed by atoms with Gasteiger partial charge in [0.1, 0.15) is 5.75 Å². The van der Waals surface area contributed by atoms with Gasteiger partial charge in [0.2, 0.25) is 0 Å². The molecule has 0 aliphatic carbocycles. The van der Waals surface area contributed by atoms with Gasteiger partial charge in [0.25, 0.3) is 0 Å². The zero-order valence-electron chi connectivity index (χ0n) is 14.1. The van der Waals surface area contributed by atoms with Crippen LogP contribution in [-0.4, -0.2) is 7.11 Å². The van der Waals surface area contributed by atoms with Crippen LogP contribution < -0.4 is 4.74 Å². The quantitative estimate of drug-likeness (QED) is 0.653. The van der Waals surface area contributed by atoms with Crippen molar-refractivity contribution in [3.63, 3.8) is 0 Å². The van der Waals surface area contributed by atoms with Gasteiger partial charge in [-0.3, -0.25) is 0 Å². The standard InChI is InChI=1S/C21H24O/c1-15(13-19-9-7-6-8-10-19)11-12-20-16(2)14-21(22-5)18(4)17(20)3/h6-14H,1-5H3. The maximum atomic E-state index is 5.43. The molecule has 0 heterocycles. The van der Waals surface area contributed by atoms with E-state index < -0.39 is 0 Å². The van der Waals surface area contributed by atoms with Crippen LogP contribution in [0.3, 0.4) is 0 Å². The van der Waals surface area contributed by atoms with Crippen LogP contribution in [0.2, 0.25) is 0 Å². The fourth-order valence-electron chi connectivity index (χ4n) is 2.61. The van der Waals surface area contributed by atoms with Crippen LogP contribution in [0.4, 0.5) is 0 Å². The molecule has 0 aliphatic heterocycles. The number of ether oxygens (including phenoxy) is 1. The predicted molar refractivity (Wildman–Crippen MR) is 96.3 cm³/mol. The summed E-state index contributed by atoms with van der Waals surface area (Å²) in [6, 6.07) is 12.5. The molecule has 114 valence electrons. The summed E-state index contributed by atoms with van der Waals surface area (Å²) in [6.07, 6.45) is 6.57. The SMILES string of the molecule is COc1cc(C)c(C=CC(C)=Cc2ccccc2)c(C)c1C. The summed E-state index contributed by atoms with van der Waals surface area (Å²) in [4.78, 5) is 0. The molecule has 1 heteroatoms. The Morgan fingerprint density at radius 3 is 2.32 bits per heavy atom. The second kappa shape index (κ2) is 7.13. The van der Waals surface area contributed by atoms with E-state index in [0.29, 0.717) is 0 Å². The predicted octanol–water partition coefficient (Wildman–Crippen LogP) is 5.74. The lowest BCUT2D eigenvalue weighted by atomic mass is 9.96. The third kappa shape index (κ3) is 3.67. The molecule has 1 nitrogen and oxygen atoms in total. The Bertz CT molecular complexity index is 706. The van der Waals surface area contributed by atoms with Crippen molar-refractivity contribution in [2.45, 2.75) is 27.7 Å².